The maximum atomic E-state index is 12.2. The number of hydrogen-bond donors (Lipinski definition) is 4. The van der Waals surface area contributed by atoms with Gasteiger partial charge >= 0.3 is 7.12 Å². The average molecular weight is 790 g/mol. The van der Waals surface area contributed by atoms with Crippen LogP contribution in [0.1, 0.15) is 0 Å². The van der Waals surface area contributed by atoms with Gasteiger partial charge in [0.2, 0.25) is 0 Å². The van der Waals surface area contributed by atoms with Gasteiger partial charge in [0.05, 0.1) is 22.2 Å². The van der Waals surface area contributed by atoms with Crippen LogP contribution in [0.5, 0.6) is 0 Å². The highest BCUT2D eigenvalue weighted by atomic mass is 79.9. The van der Waals surface area contributed by atoms with Gasteiger partial charge in [-0.25, -0.2) is 9.97 Å². The number of hydrogen-bond acceptors (Lipinski definition) is 6. The van der Waals surface area contributed by atoms with Crippen LogP contribution in [0.4, 0.5) is 0 Å². The van der Waals surface area contributed by atoms with Gasteiger partial charge < -0.3 is 20.0 Å². The number of nitrogens with one attached hydrogen (secondary N) is 2. The lowest BCUT2D eigenvalue weighted by Crippen LogP contribution is -2.29. The van der Waals surface area contributed by atoms with Crippen molar-refractivity contribution >= 4 is 73.8 Å². The van der Waals surface area contributed by atoms with Crippen LogP contribution in [-0.4, -0.2) is 37.1 Å². The number of fused-ring (bicyclic) bond motifs is 2. The number of H-pyrrole nitrogens is 2. The smallest absolute Gasteiger partial charge is 0.423 e. The summed E-state index contributed by atoms with van der Waals surface area (Å²) in [6.45, 7) is 0. The van der Waals surface area contributed by atoms with Crippen LogP contribution < -0.4 is 16.3 Å². The molecule has 0 spiro atoms. The predicted octanol–water partition coefficient (Wildman–Crippen LogP) is 8.28. The summed E-state index contributed by atoms with van der Waals surface area (Å²) in [4.78, 5) is 39.2. The van der Waals surface area contributed by atoms with Gasteiger partial charge in [-0.2, -0.15) is 0 Å². The first-order valence-corrected chi connectivity index (χ1v) is 17.4. The van der Waals surface area contributed by atoms with E-state index in [1.165, 1.54) is 18.2 Å². The first-order valence-electron chi connectivity index (χ1n) is 15.9. The molecule has 4 N–H and O–H groups in total. The standard InChI is InChI=1S/C20H13ClN2O.C14H9BrN2O.C6H6BClO2/c21-15-8-4-7-14(11-15)16-12-17-18(24)9-10-22-20(17)23-19(16)13-5-2-1-3-6-13;15-11-8-10-12(18)6-7-16-14(10)17-13(11)9-4-2-1-3-5-9;8-6-3-1-2-5(4-6)7(9)10/h1-12H,(H,22,23,24);1-8H,(H,16,17,18);1-4,9-10H. The molecule has 4 aromatic carbocycles. The summed E-state index contributed by atoms with van der Waals surface area (Å²) >= 11 is 15.2. The minimum absolute atomic E-state index is 0.0310. The van der Waals surface area contributed by atoms with Crippen molar-refractivity contribution in [3.63, 3.8) is 0 Å². The molecular weight excluding hydrogens is 762 g/mol. The van der Waals surface area contributed by atoms with E-state index in [1.807, 2.05) is 97.1 Å². The van der Waals surface area contributed by atoms with Gasteiger partial charge in [0.1, 0.15) is 11.3 Å². The lowest BCUT2D eigenvalue weighted by Gasteiger charge is -2.11. The first kappa shape index (κ1) is 36.4. The van der Waals surface area contributed by atoms with Crippen LogP contribution in [0.15, 0.2) is 160 Å². The van der Waals surface area contributed by atoms with Crippen molar-refractivity contribution in [3.05, 3.63) is 181 Å². The quantitative estimate of drug-likeness (QED) is 0.133. The summed E-state index contributed by atoms with van der Waals surface area (Å²) in [6.07, 6.45) is 3.23. The monoisotopic (exact) mass is 788 g/mol. The Hall–Kier alpha value is -5.36. The maximum Gasteiger partial charge on any atom is 0.488 e. The third-order valence-corrected chi connectivity index (χ3v) is 8.89. The van der Waals surface area contributed by atoms with E-state index in [0.717, 1.165) is 38.1 Å². The zero-order valence-corrected chi connectivity index (χ0v) is 30.3. The molecule has 0 unspecified atom stereocenters. The summed E-state index contributed by atoms with van der Waals surface area (Å²) in [6, 6.07) is 40.5. The second-order valence-electron chi connectivity index (χ2n) is 11.4. The molecule has 4 heterocycles. The van der Waals surface area contributed by atoms with Crippen LogP contribution >= 0.6 is 39.1 Å². The normalized spacial score (nSPS) is 10.6. The molecule has 0 saturated heterocycles. The van der Waals surface area contributed by atoms with E-state index in [2.05, 4.69) is 30.9 Å². The van der Waals surface area contributed by atoms with Gasteiger partial charge in [0.15, 0.2) is 10.9 Å². The van der Waals surface area contributed by atoms with Gasteiger partial charge in [0.25, 0.3) is 0 Å². The van der Waals surface area contributed by atoms with Crippen molar-refractivity contribution in [3.8, 4) is 33.6 Å². The first-order chi connectivity index (χ1) is 25.2. The Bertz CT molecular complexity index is 2610. The van der Waals surface area contributed by atoms with Gasteiger partial charge in [0, 0.05) is 55.7 Å². The summed E-state index contributed by atoms with van der Waals surface area (Å²) in [7, 11) is -1.43. The number of rotatable bonds is 4. The van der Waals surface area contributed by atoms with Crippen molar-refractivity contribution < 1.29 is 10.0 Å². The Morgan fingerprint density at radius 1 is 0.558 bits per heavy atom. The van der Waals surface area contributed by atoms with Crippen LogP contribution in [0.3, 0.4) is 0 Å². The number of aromatic nitrogens is 4. The predicted molar refractivity (Wildman–Crippen MR) is 215 cm³/mol. The molecule has 256 valence electrons. The molecular formula is C40H28BBrCl2N4O4. The lowest BCUT2D eigenvalue weighted by molar-refractivity contribution is 0.426. The van der Waals surface area contributed by atoms with E-state index in [0.29, 0.717) is 37.6 Å². The van der Waals surface area contributed by atoms with Crippen LogP contribution in [0.2, 0.25) is 10.0 Å². The molecule has 8 nitrogen and oxygen atoms in total. The van der Waals surface area contributed by atoms with Crippen LogP contribution in [0, 0.1) is 0 Å². The molecule has 0 atom stereocenters. The van der Waals surface area contributed by atoms with E-state index in [4.69, 9.17) is 38.2 Å². The Balaban J connectivity index is 0.000000146. The van der Waals surface area contributed by atoms with Gasteiger partial charge in [-0.1, -0.05) is 108 Å². The summed E-state index contributed by atoms with van der Waals surface area (Å²) in [5.41, 5.74) is 6.94. The highest BCUT2D eigenvalue weighted by Crippen LogP contribution is 2.33. The fourth-order valence-electron chi connectivity index (χ4n) is 5.33. The fraction of sp³-hybridized carbons (Fsp3) is 0. The molecule has 0 bridgehead atoms. The van der Waals surface area contributed by atoms with Crippen molar-refractivity contribution in [2.75, 3.05) is 0 Å². The van der Waals surface area contributed by atoms with Crippen LogP contribution in [-0.2, 0) is 0 Å². The Morgan fingerprint density at radius 2 is 1.06 bits per heavy atom. The SMILES string of the molecule is O=c1cc[nH]c2nc(-c3ccccc3)c(-c3cccc(Cl)c3)cc12.O=c1cc[nH]c2nc(-c3ccccc3)c(Br)cc12.OB(O)c1cccc(Cl)c1. The van der Waals surface area contributed by atoms with Crippen molar-refractivity contribution in [2.45, 2.75) is 0 Å². The van der Waals surface area contributed by atoms with Crippen molar-refractivity contribution in [1.29, 1.82) is 0 Å². The fourth-order valence-corrected chi connectivity index (χ4v) is 6.26. The highest BCUT2D eigenvalue weighted by molar-refractivity contribution is 9.10. The molecule has 52 heavy (non-hydrogen) atoms. The second kappa shape index (κ2) is 16.8. The molecule has 0 aliphatic heterocycles. The number of halogens is 3. The van der Waals surface area contributed by atoms with E-state index in [1.54, 1.807) is 30.6 Å². The van der Waals surface area contributed by atoms with E-state index in [9.17, 15) is 9.59 Å². The third-order valence-electron chi connectivity index (χ3n) is 7.82. The average Bonchev–Trinajstić information content (AvgIpc) is 3.16. The molecule has 0 amide bonds. The van der Waals surface area contributed by atoms with Gasteiger partial charge in [-0.05, 0) is 63.4 Å². The van der Waals surface area contributed by atoms with Gasteiger partial charge in [-0.3, -0.25) is 9.59 Å². The Kier molecular flexibility index (Phi) is 11.8. The topological polar surface area (TPSA) is 132 Å². The molecule has 12 heteroatoms. The molecule has 0 fully saturated rings. The second-order valence-corrected chi connectivity index (χ2v) is 13.1. The lowest BCUT2D eigenvalue weighted by atomic mass is 9.81. The maximum absolute atomic E-state index is 12.2. The zero-order chi connectivity index (χ0) is 36.6. The zero-order valence-electron chi connectivity index (χ0n) is 27.2. The highest BCUT2D eigenvalue weighted by Gasteiger charge is 2.14. The number of pyridine rings is 4. The molecule has 0 radical (unpaired) electrons. The van der Waals surface area contributed by atoms with E-state index in [-0.39, 0.29) is 10.9 Å². The Labute approximate surface area is 316 Å². The summed E-state index contributed by atoms with van der Waals surface area (Å²) in [5.74, 6) is 0. The number of benzene rings is 4. The third kappa shape index (κ3) is 8.74. The Morgan fingerprint density at radius 3 is 1.60 bits per heavy atom. The molecule has 0 aliphatic carbocycles. The minimum atomic E-state index is -1.43. The van der Waals surface area contributed by atoms with Crippen LogP contribution in [0.25, 0.3) is 55.7 Å². The van der Waals surface area contributed by atoms with Crippen molar-refractivity contribution in [2.24, 2.45) is 0 Å². The van der Waals surface area contributed by atoms with Gasteiger partial charge in [-0.15, -0.1) is 0 Å². The van der Waals surface area contributed by atoms with E-state index >= 15 is 0 Å². The number of aromatic amines is 2. The molecule has 0 aliphatic rings. The largest absolute Gasteiger partial charge is 0.488 e. The molecule has 8 aromatic rings. The minimum Gasteiger partial charge on any atom is -0.423 e. The summed E-state index contributed by atoms with van der Waals surface area (Å²) in [5, 5.41) is 19.6. The molecule has 0 saturated carbocycles. The molecule has 4 aromatic heterocycles. The van der Waals surface area contributed by atoms with Crippen molar-refractivity contribution in [1.82, 2.24) is 19.9 Å². The summed E-state index contributed by atoms with van der Waals surface area (Å²) < 4.78 is 0.818. The van der Waals surface area contributed by atoms with E-state index < -0.39 is 7.12 Å². The molecule has 8 rings (SSSR count). The number of nitrogens with zero attached hydrogens (tertiary/aromatic N) is 2.